The number of ether oxygens (including phenoxy) is 1. The molecule has 132 valence electrons. The van der Waals surface area contributed by atoms with Crippen molar-refractivity contribution in [2.24, 2.45) is 0 Å². The minimum Gasteiger partial charge on any atom is -0.495 e. The number of carbonyl (C=O) groups excluding carboxylic acids is 1. The van der Waals surface area contributed by atoms with Gasteiger partial charge in [-0.1, -0.05) is 30.3 Å². The lowest BCUT2D eigenvalue weighted by molar-refractivity contribution is -0.111. The molecule has 3 rings (SSSR count). The number of amides is 1. The van der Waals surface area contributed by atoms with Gasteiger partial charge in [0.05, 0.1) is 24.2 Å². The number of nitrogens with zero attached hydrogens (tertiary/aromatic N) is 2. The first kappa shape index (κ1) is 17.5. The summed E-state index contributed by atoms with van der Waals surface area (Å²) in [6, 6.07) is 17.2. The number of hydrogen-bond acceptors (Lipinski definition) is 3. The Morgan fingerprint density at radius 3 is 2.50 bits per heavy atom. The molecule has 0 saturated carbocycles. The zero-order valence-corrected chi connectivity index (χ0v) is 15.1. The van der Waals surface area contributed by atoms with Crippen LogP contribution in [0.1, 0.15) is 17.0 Å². The van der Waals surface area contributed by atoms with E-state index in [9.17, 15) is 4.79 Å². The molecule has 0 saturated heterocycles. The van der Waals surface area contributed by atoms with E-state index >= 15 is 0 Å². The Bertz CT molecular complexity index is 943. The van der Waals surface area contributed by atoms with Crippen LogP contribution in [0.4, 0.5) is 5.69 Å². The number of aryl methyl sites for hydroxylation is 1. The highest BCUT2D eigenvalue weighted by Gasteiger charge is 2.11. The van der Waals surface area contributed by atoms with Crippen molar-refractivity contribution >= 4 is 17.7 Å². The second-order valence-electron chi connectivity index (χ2n) is 5.85. The molecule has 2 aromatic carbocycles. The van der Waals surface area contributed by atoms with Gasteiger partial charge in [0.15, 0.2) is 0 Å². The Kier molecular flexibility index (Phi) is 5.17. The number of aromatic nitrogens is 2. The summed E-state index contributed by atoms with van der Waals surface area (Å²) < 4.78 is 7.13. The van der Waals surface area contributed by atoms with Crippen LogP contribution in [0.2, 0.25) is 0 Å². The van der Waals surface area contributed by atoms with Crippen LogP contribution in [0.5, 0.6) is 5.75 Å². The van der Waals surface area contributed by atoms with Gasteiger partial charge in [-0.3, -0.25) is 4.79 Å². The highest BCUT2D eigenvalue weighted by Crippen LogP contribution is 2.23. The van der Waals surface area contributed by atoms with Gasteiger partial charge < -0.3 is 10.1 Å². The lowest BCUT2D eigenvalue weighted by Crippen LogP contribution is -2.08. The van der Waals surface area contributed by atoms with E-state index in [1.54, 1.807) is 25.3 Å². The predicted molar refractivity (Wildman–Crippen MR) is 104 cm³/mol. The highest BCUT2D eigenvalue weighted by atomic mass is 16.5. The molecule has 0 bridgehead atoms. The van der Waals surface area contributed by atoms with Crippen molar-refractivity contribution in [3.8, 4) is 11.4 Å². The fourth-order valence-electron chi connectivity index (χ4n) is 2.80. The maximum atomic E-state index is 12.3. The first-order valence-electron chi connectivity index (χ1n) is 8.34. The maximum absolute atomic E-state index is 12.3. The predicted octanol–water partition coefficient (Wildman–Crippen LogP) is 4.15. The van der Waals surface area contributed by atoms with Gasteiger partial charge in [-0.15, -0.1) is 0 Å². The number of methoxy groups -OCH3 is 1. The molecule has 0 fully saturated rings. The summed E-state index contributed by atoms with van der Waals surface area (Å²) >= 11 is 0. The van der Waals surface area contributed by atoms with Crippen LogP contribution in [0, 0.1) is 13.8 Å². The summed E-state index contributed by atoms with van der Waals surface area (Å²) in [6.45, 7) is 3.93. The molecule has 5 heteroatoms. The smallest absolute Gasteiger partial charge is 0.248 e. The zero-order chi connectivity index (χ0) is 18.5. The Hall–Kier alpha value is -3.34. The first-order chi connectivity index (χ1) is 12.6. The SMILES string of the molecule is COc1ccccc1NC(=O)/C=C/c1c(C)nn(-c2ccccc2)c1C. The largest absolute Gasteiger partial charge is 0.495 e. The van der Waals surface area contributed by atoms with Crippen LogP contribution in [0.3, 0.4) is 0 Å². The molecule has 1 amide bonds. The Morgan fingerprint density at radius 1 is 1.08 bits per heavy atom. The molecule has 0 aliphatic carbocycles. The molecule has 0 spiro atoms. The summed E-state index contributed by atoms with van der Waals surface area (Å²) in [5, 5.41) is 7.41. The minimum absolute atomic E-state index is 0.222. The molecule has 1 N–H and O–H groups in total. The third-order valence-electron chi connectivity index (χ3n) is 4.11. The number of rotatable bonds is 5. The highest BCUT2D eigenvalue weighted by molar-refractivity contribution is 6.02. The quantitative estimate of drug-likeness (QED) is 0.706. The third-order valence-corrected chi connectivity index (χ3v) is 4.11. The standard InChI is InChI=1S/C21H21N3O2/c1-15-18(16(2)24(23-15)17-9-5-4-6-10-17)13-14-21(25)22-19-11-7-8-12-20(19)26-3/h4-14H,1-3H3,(H,22,25)/b14-13+. The van der Waals surface area contributed by atoms with Crippen molar-refractivity contribution in [3.63, 3.8) is 0 Å². The van der Waals surface area contributed by atoms with Crippen molar-refractivity contribution in [1.29, 1.82) is 0 Å². The van der Waals surface area contributed by atoms with Gasteiger partial charge in [-0.2, -0.15) is 5.10 Å². The van der Waals surface area contributed by atoms with E-state index in [0.29, 0.717) is 11.4 Å². The van der Waals surface area contributed by atoms with E-state index in [1.807, 2.05) is 61.0 Å². The second kappa shape index (κ2) is 7.70. The van der Waals surface area contributed by atoms with Crippen LogP contribution < -0.4 is 10.1 Å². The van der Waals surface area contributed by atoms with Gasteiger partial charge in [-0.25, -0.2) is 4.68 Å². The average molecular weight is 347 g/mol. The van der Waals surface area contributed by atoms with Crippen molar-refractivity contribution in [3.05, 3.63) is 77.6 Å². The molecule has 0 atom stereocenters. The normalized spacial score (nSPS) is 10.9. The maximum Gasteiger partial charge on any atom is 0.248 e. The van der Waals surface area contributed by atoms with E-state index in [-0.39, 0.29) is 5.91 Å². The van der Waals surface area contributed by atoms with Gasteiger partial charge >= 0.3 is 0 Å². The van der Waals surface area contributed by atoms with Crippen LogP contribution >= 0.6 is 0 Å². The van der Waals surface area contributed by atoms with Crippen molar-refractivity contribution < 1.29 is 9.53 Å². The molecule has 5 nitrogen and oxygen atoms in total. The average Bonchev–Trinajstić information content (AvgIpc) is 2.95. The Balaban J connectivity index is 1.80. The van der Waals surface area contributed by atoms with Gasteiger partial charge in [0.2, 0.25) is 5.91 Å². The molecule has 0 aliphatic rings. The number of carbonyl (C=O) groups is 1. The fraction of sp³-hybridized carbons (Fsp3) is 0.143. The van der Waals surface area contributed by atoms with E-state index in [1.165, 1.54) is 6.08 Å². The number of anilines is 1. The zero-order valence-electron chi connectivity index (χ0n) is 15.1. The second-order valence-corrected chi connectivity index (χ2v) is 5.85. The first-order valence-corrected chi connectivity index (χ1v) is 8.34. The number of benzene rings is 2. The van der Waals surface area contributed by atoms with Crippen LogP contribution in [0.25, 0.3) is 11.8 Å². The fourth-order valence-corrected chi connectivity index (χ4v) is 2.80. The molecule has 0 aliphatic heterocycles. The summed E-state index contributed by atoms with van der Waals surface area (Å²) in [5.74, 6) is 0.402. The van der Waals surface area contributed by atoms with Crippen molar-refractivity contribution in [2.75, 3.05) is 12.4 Å². The van der Waals surface area contributed by atoms with Gasteiger partial charge in [0, 0.05) is 17.3 Å². The summed E-state index contributed by atoms with van der Waals surface area (Å²) in [7, 11) is 1.57. The Morgan fingerprint density at radius 2 is 1.77 bits per heavy atom. The summed E-state index contributed by atoms with van der Waals surface area (Å²) in [4.78, 5) is 12.3. The molecule has 1 heterocycles. The Labute approximate surface area is 152 Å². The third kappa shape index (κ3) is 3.67. The number of hydrogen-bond donors (Lipinski definition) is 1. The van der Waals surface area contributed by atoms with E-state index in [4.69, 9.17) is 4.74 Å². The summed E-state index contributed by atoms with van der Waals surface area (Å²) in [5.41, 5.74) is 4.41. The van der Waals surface area contributed by atoms with Crippen molar-refractivity contribution in [1.82, 2.24) is 9.78 Å². The number of nitrogens with one attached hydrogen (secondary N) is 1. The van der Waals surface area contributed by atoms with Gasteiger partial charge in [0.1, 0.15) is 5.75 Å². The molecule has 0 unspecified atom stereocenters. The van der Waals surface area contributed by atoms with Gasteiger partial charge in [0.25, 0.3) is 0 Å². The minimum atomic E-state index is -0.222. The van der Waals surface area contributed by atoms with E-state index in [0.717, 1.165) is 22.6 Å². The monoisotopic (exact) mass is 347 g/mol. The van der Waals surface area contributed by atoms with E-state index in [2.05, 4.69) is 10.4 Å². The molecule has 3 aromatic rings. The van der Waals surface area contributed by atoms with Gasteiger partial charge in [-0.05, 0) is 44.2 Å². The number of para-hydroxylation sites is 3. The topological polar surface area (TPSA) is 56.1 Å². The lowest BCUT2D eigenvalue weighted by Gasteiger charge is -2.07. The molecular weight excluding hydrogens is 326 g/mol. The van der Waals surface area contributed by atoms with Crippen molar-refractivity contribution in [2.45, 2.75) is 13.8 Å². The molecular formula is C21H21N3O2. The van der Waals surface area contributed by atoms with Crippen LogP contribution in [0.15, 0.2) is 60.7 Å². The van der Waals surface area contributed by atoms with Crippen LogP contribution in [-0.4, -0.2) is 22.8 Å². The summed E-state index contributed by atoms with van der Waals surface area (Å²) in [6.07, 6.45) is 3.31. The molecule has 0 radical (unpaired) electrons. The van der Waals surface area contributed by atoms with Crippen LogP contribution in [-0.2, 0) is 4.79 Å². The lowest BCUT2D eigenvalue weighted by atomic mass is 10.2. The van der Waals surface area contributed by atoms with E-state index < -0.39 is 0 Å². The molecule has 26 heavy (non-hydrogen) atoms. The molecule has 1 aromatic heterocycles.